The molecule has 0 radical (unpaired) electrons. The molecule has 1 heterocycles. The molecule has 1 aliphatic heterocycles. The molecule has 0 aromatic rings. The third kappa shape index (κ3) is 9.48. The number of rotatable bonds is 12. The zero-order valence-corrected chi connectivity index (χ0v) is 15.3. The van der Waals surface area contributed by atoms with E-state index in [1.165, 1.54) is 6.08 Å². The van der Waals surface area contributed by atoms with Crippen molar-refractivity contribution in [2.45, 2.75) is 89.2 Å². The fraction of sp³-hybridized carbons (Fsp3) is 0.750. The number of allylic oxidation sites excluding steroid dienone is 2. The summed E-state index contributed by atoms with van der Waals surface area (Å²) in [6, 6.07) is 0. The van der Waals surface area contributed by atoms with Gasteiger partial charge in [-0.05, 0) is 25.6 Å². The second-order valence-electron chi connectivity index (χ2n) is 6.50. The minimum Gasteiger partial charge on any atom is -0.481 e. The van der Waals surface area contributed by atoms with Gasteiger partial charge in [0, 0.05) is 24.2 Å². The van der Waals surface area contributed by atoms with Gasteiger partial charge in [-0.15, -0.1) is 0 Å². The van der Waals surface area contributed by atoms with E-state index in [1.807, 2.05) is 0 Å². The normalized spacial score (nSPS) is 31.4. The van der Waals surface area contributed by atoms with Gasteiger partial charge >= 0.3 is 5.97 Å². The van der Waals surface area contributed by atoms with E-state index >= 15 is 0 Å². The van der Waals surface area contributed by atoms with Gasteiger partial charge in [-0.1, -0.05) is 50.5 Å². The van der Waals surface area contributed by atoms with E-state index in [-0.39, 0.29) is 12.8 Å². The number of ether oxygens (including phenoxy) is 1. The summed E-state index contributed by atoms with van der Waals surface area (Å²) < 4.78 is 36.5. The van der Waals surface area contributed by atoms with Crippen molar-refractivity contribution in [1.29, 1.82) is 0 Å². The Bertz CT molecular complexity index is 596. The van der Waals surface area contributed by atoms with Crippen LogP contribution in [0.15, 0.2) is 24.3 Å². The lowest BCUT2D eigenvalue weighted by atomic mass is 9.87. The Morgan fingerprint density at radius 3 is 2.81 bits per heavy atom. The molecule has 0 spiro atoms. The number of aliphatic carboxylic acids is 1. The van der Waals surface area contributed by atoms with E-state index in [9.17, 15) is 20.1 Å². The van der Waals surface area contributed by atoms with Crippen molar-refractivity contribution in [2.24, 2.45) is 5.92 Å². The first-order valence-corrected chi connectivity index (χ1v) is 9.17. The molecule has 5 atom stereocenters. The molecule has 26 heavy (non-hydrogen) atoms. The topological polar surface area (TPSA) is 107 Å². The van der Waals surface area contributed by atoms with E-state index < -0.39 is 55.7 Å². The van der Waals surface area contributed by atoms with Crippen molar-refractivity contribution in [2.75, 3.05) is 0 Å². The highest BCUT2D eigenvalue weighted by Crippen LogP contribution is 2.29. The maximum absolute atomic E-state index is 10.8. The van der Waals surface area contributed by atoms with Gasteiger partial charge in [0.15, 0.2) is 6.29 Å². The molecule has 0 amide bonds. The third-order valence-corrected chi connectivity index (χ3v) is 4.25. The van der Waals surface area contributed by atoms with Gasteiger partial charge in [0.05, 0.1) is 18.3 Å². The first-order valence-electron chi connectivity index (χ1n) is 11.2. The molecular formula is C20H34O6. The molecule has 150 valence electrons. The van der Waals surface area contributed by atoms with Gasteiger partial charge in [0.25, 0.3) is 0 Å². The minimum absolute atomic E-state index is 0.0192. The Kier molecular flexibility index (Phi) is 8.49. The van der Waals surface area contributed by atoms with Crippen molar-refractivity contribution in [1.82, 2.24) is 0 Å². The van der Waals surface area contributed by atoms with Crippen LogP contribution < -0.4 is 0 Å². The van der Waals surface area contributed by atoms with Crippen LogP contribution >= 0.6 is 0 Å². The molecule has 4 N–H and O–H groups in total. The maximum Gasteiger partial charge on any atom is 0.303 e. The van der Waals surface area contributed by atoms with Crippen LogP contribution in [0.2, 0.25) is 0 Å². The van der Waals surface area contributed by atoms with Crippen molar-refractivity contribution in [3.05, 3.63) is 24.3 Å². The van der Waals surface area contributed by atoms with E-state index in [0.29, 0.717) is 6.42 Å². The van der Waals surface area contributed by atoms with Crippen LogP contribution in [0.3, 0.4) is 0 Å². The summed E-state index contributed by atoms with van der Waals surface area (Å²) in [6.45, 7) is 2.06. The molecule has 1 aliphatic rings. The molecule has 0 aliphatic carbocycles. The van der Waals surface area contributed by atoms with Gasteiger partial charge in [-0.25, -0.2) is 0 Å². The fourth-order valence-corrected chi connectivity index (χ4v) is 2.82. The smallest absolute Gasteiger partial charge is 0.303 e. The van der Waals surface area contributed by atoms with Crippen LogP contribution in [0.5, 0.6) is 0 Å². The van der Waals surface area contributed by atoms with Crippen molar-refractivity contribution in [3.63, 3.8) is 0 Å². The fourth-order valence-electron chi connectivity index (χ4n) is 2.82. The van der Waals surface area contributed by atoms with Crippen LogP contribution in [-0.2, 0) is 9.53 Å². The molecule has 0 aromatic heterocycles. The van der Waals surface area contributed by atoms with Gasteiger partial charge in [0.2, 0.25) is 0 Å². The second kappa shape index (κ2) is 13.0. The first-order chi connectivity index (χ1) is 13.9. The highest BCUT2D eigenvalue weighted by molar-refractivity contribution is 5.66. The molecule has 0 saturated carbocycles. The van der Waals surface area contributed by atoms with Gasteiger partial charge in [-0.2, -0.15) is 0 Å². The molecule has 0 bridgehead atoms. The largest absolute Gasteiger partial charge is 0.481 e. The Morgan fingerprint density at radius 1 is 1.35 bits per heavy atom. The number of hydrogen-bond acceptors (Lipinski definition) is 5. The van der Waals surface area contributed by atoms with Crippen molar-refractivity contribution < 1.29 is 35.4 Å². The predicted octanol–water partition coefficient (Wildman–Crippen LogP) is 2.77. The Morgan fingerprint density at radius 2 is 2.12 bits per heavy atom. The lowest BCUT2D eigenvalue weighted by Gasteiger charge is -2.36. The van der Waals surface area contributed by atoms with Crippen LogP contribution in [0.25, 0.3) is 0 Å². The number of carbonyl (C=O) groups is 1. The quantitative estimate of drug-likeness (QED) is 0.309. The van der Waals surface area contributed by atoms with Crippen molar-refractivity contribution >= 4 is 5.97 Å². The maximum atomic E-state index is 10.8. The molecule has 1 fully saturated rings. The summed E-state index contributed by atoms with van der Waals surface area (Å²) in [5.74, 6) is -1.98. The molecule has 6 nitrogen and oxygen atoms in total. The summed E-state index contributed by atoms with van der Waals surface area (Å²) in [4.78, 5) is 10.8. The average molecular weight is 375 g/mol. The molecule has 1 rings (SSSR count). The predicted molar refractivity (Wildman–Crippen MR) is 99.5 cm³/mol. The molecule has 0 unspecified atom stereocenters. The Labute approximate surface area is 161 Å². The van der Waals surface area contributed by atoms with E-state index in [4.69, 9.17) is 15.3 Å². The van der Waals surface area contributed by atoms with E-state index in [1.54, 1.807) is 12.2 Å². The number of carboxylic acids is 1. The highest BCUT2D eigenvalue weighted by atomic mass is 16.6. The lowest BCUT2D eigenvalue weighted by molar-refractivity contribution is -0.199. The molecule has 0 aromatic carbocycles. The zero-order valence-electron chi connectivity index (χ0n) is 19.3. The van der Waals surface area contributed by atoms with E-state index in [2.05, 4.69) is 6.92 Å². The number of aliphatic hydroxyl groups excluding tert-OH is 3. The SMILES string of the molecule is [2H]C([2H])(/C=C\C[C@H]1[C@@H](O)C[C@H](O)O[C@@H]1/C=C/[C@@H](O)CCCCC)C([2H])([2H])CC(=O)O. The summed E-state index contributed by atoms with van der Waals surface area (Å²) in [5, 5.41) is 39.0. The van der Waals surface area contributed by atoms with Gasteiger partial charge < -0.3 is 25.2 Å². The number of aliphatic hydroxyl groups is 3. The standard InChI is InChI=1S/C20H34O6/c1-2-3-6-9-15(21)12-13-18-16(17(22)14-20(25)26-18)10-7-4-5-8-11-19(23)24/h4,7,12-13,15-18,20-22,25H,2-3,5-6,8-11,14H2,1H3,(H,23,24)/b7-4-,13-12+/t15-,16-,17-,18+,20+/m0/s1/i5D2,8D2. The first kappa shape index (κ1) is 16.9. The minimum atomic E-state index is -2.60. The van der Waals surface area contributed by atoms with Gasteiger partial charge in [0.1, 0.15) is 0 Å². The lowest BCUT2D eigenvalue weighted by Crippen LogP contribution is -2.43. The van der Waals surface area contributed by atoms with Crippen LogP contribution in [0.4, 0.5) is 0 Å². The van der Waals surface area contributed by atoms with Crippen LogP contribution in [-0.4, -0.2) is 51.0 Å². The summed E-state index contributed by atoms with van der Waals surface area (Å²) in [7, 11) is 0. The second-order valence-corrected chi connectivity index (χ2v) is 6.50. The van der Waals surface area contributed by atoms with Gasteiger partial charge in [-0.3, -0.25) is 4.79 Å². The average Bonchev–Trinajstić information content (AvgIpc) is 2.60. The monoisotopic (exact) mass is 374 g/mol. The van der Waals surface area contributed by atoms with E-state index in [0.717, 1.165) is 25.3 Å². The number of unbranched alkanes of at least 4 members (excludes halogenated alkanes) is 2. The zero-order chi connectivity index (χ0) is 22.9. The molecule has 1 saturated heterocycles. The summed E-state index contributed by atoms with van der Waals surface area (Å²) in [5.41, 5.74) is 0. The Hall–Kier alpha value is -1.21. The Balaban J connectivity index is 2.82. The summed E-state index contributed by atoms with van der Waals surface area (Å²) in [6.07, 6.45) is -0.520. The summed E-state index contributed by atoms with van der Waals surface area (Å²) >= 11 is 0. The van der Waals surface area contributed by atoms with Crippen LogP contribution in [0.1, 0.15) is 70.1 Å². The van der Waals surface area contributed by atoms with Crippen LogP contribution in [0, 0.1) is 5.92 Å². The number of hydrogen-bond donors (Lipinski definition) is 4. The highest BCUT2D eigenvalue weighted by Gasteiger charge is 2.35. The third-order valence-electron chi connectivity index (χ3n) is 4.25. The molecular weight excluding hydrogens is 336 g/mol. The number of carboxylic acid groups (broad SMARTS) is 1. The molecule has 6 heteroatoms. The van der Waals surface area contributed by atoms with Crippen molar-refractivity contribution in [3.8, 4) is 0 Å².